The van der Waals surface area contributed by atoms with Gasteiger partial charge in [-0.3, -0.25) is 0 Å². The van der Waals surface area contributed by atoms with Crippen molar-refractivity contribution < 1.29 is 0 Å². The summed E-state index contributed by atoms with van der Waals surface area (Å²) in [6.45, 7) is 5.60. The monoisotopic (exact) mass is 368 g/mol. The Balaban J connectivity index is 1.30. The van der Waals surface area contributed by atoms with E-state index >= 15 is 0 Å². The van der Waals surface area contributed by atoms with Crippen molar-refractivity contribution in [3.63, 3.8) is 0 Å². The molecular formula is C17H20N8S. The van der Waals surface area contributed by atoms with Crippen LogP contribution >= 0.6 is 11.5 Å². The largest absolute Gasteiger partial charge is 0.353 e. The molecule has 2 aliphatic rings. The van der Waals surface area contributed by atoms with Crippen LogP contribution in [0.1, 0.15) is 30.4 Å². The molecule has 4 heterocycles. The van der Waals surface area contributed by atoms with E-state index in [1.165, 1.54) is 24.4 Å². The van der Waals surface area contributed by atoms with E-state index in [0.29, 0.717) is 5.92 Å². The molecule has 3 aromatic rings. The van der Waals surface area contributed by atoms with Crippen LogP contribution in [0.25, 0.3) is 5.82 Å². The SMILES string of the molecule is Cc1nc(N2CCN(c3nc(C4CC4)ns3)CC2)cc(-n2cccn2)n1. The maximum Gasteiger partial charge on any atom is 0.205 e. The smallest absolute Gasteiger partial charge is 0.205 e. The third-order valence-corrected chi connectivity index (χ3v) is 5.59. The third kappa shape index (κ3) is 3.03. The molecule has 8 nitrogen and oxygen atoms in total. The number of anilines is 2. The van der Waals surface area contributed by atoms with Gasteiger partial charge in [-0.05, 0) is 25.8 Å². The zero-order valence-corrected chi connectivity index (χ0v) is 15.4. The van der Waals surface area contributed by atoms with Crippen molar-refractivity contribution in [2.75, 3.05) is 36.0 Å². The third-order valence-electron chi connectivity index (χ3n) is 4.80. The highest BCUT2D eigenvalue weighted by atomic mass is 32.1. The molecule has 0 atom stereocenters. The molecule has 9 heteroatoms. The molecule has 0 radical (unpaired) electrons. The number of hydrogen-bond acceptors (Lipinski definition) is 8. The highest BCUT2D eigenvalue weighted by molar-refractivity contribution is 7.09. The van der Waals surface area contributed by atoms with E-state index in [9.17, 15) is 0 Å². The lowest BCUT2D eigenvalue weighted by Gasteiger charge is -2.35. The second-order valence-electron chi connectivity index (χ2n) is 6.77. The molecule has 1 saturated heterocycles. The van der Waals surface area contributed by atoms with Gasteiger partial charge in [0.05, 0.1) is 0 Å². The minimum Gasteiger partial charge on any atom is -0.353 e. The van der Waals surface area contributed by atoms with Crippen molar-refractivity contribution in [1.82, 2.24) is 29.1 Å². The van der Waals surface area contributed by atoms with Gasteiger partial charge in [0.1, 0.15) is 17.5 Å². The summed E-state index contributed by atoms with van der Waals surface area (Å²) >= 11 is 1.53. The molecule has 134 valence electrons. The molecule has 1 aliphatic carbocycles. The maximum atomic E-state index is 4.73. The first kappa shape index (κ1) is 15.7. The molecule has 0 amide bonds. The number of aryl methyl sites for hydroxylation is 1. The van der Waals surface area contributed by atoms with Crippen LogP contribution in [0.2, 0.25) is 0 Å². The van der Waals surface area contributed by atoms with Crippen LogP contribution in [0, 0.1) is 6.92 Å². The first-order chi connectivity index (χ1) is 12.8. The maximum absolute atomic E-state index is 4.73. The Labute approximate surface area is 155 Å². The molecule has 5 rings (SSSR count). The summed E-state index contributed by atoms with van der Waals surface area (Å²) in [4.78, 5) is 18.5. The summed E-state index contributed by atoms with van der Waals surface area (Å²) in [6, 6.07) is 3.90. The van der Waals surface area contributed by atoms with E-state index in [0.717, 1.165) is 54.6 Å². The van der Waals surface area contributed by atoms with Crippen molar-refractivity contribution >= 4 is 22.5 Å². The summed E-state index contributed by atoms with van der Waals surface area (Å²) < 4.78 is 6.30. The molecule has 0 unspecified atom stereocenters. The fourth-order valence-electron chi connectivity index (χ4n) is 3.21. The molecule has 1 aliphatic heterocycles. The molecule has 2 fully saturated rings. The van der Waals surface area contributed by atoms with E-state index < -0.39 is 0 Å². The van der Waals surface area contributed by atoms with Gasteiger partial charge in [0.25, 0.3) is 0 Å². The highest BCUT2D eigenvalue weighted by Crippen LogP contribution is 2.39. The van der Waals surface area contributed by atoms with Crippen molar-refractivity contribution in [2.45, 2.75) is 25.7 Å². The molecular weight excluding hydrogens is 348 g/mol. The predicted molar refractivity (Wildman–Crippen MR) is 100 cm³/mol. The molecule has 0 bridgehead atoms. The van der Waals surface area contributed by atoms with Gasteiger partial charge in [-0.25, -0.2) is 19.6 Å². The van der Waals surface area contributed by atoms with Gasteiger partial charge in [0.2, 0.25) is 5.13 Å². The Morgan fingerprint density at radius 3 is 2.50 bits per heavy atom. The number of rotatable bonds is 4. The van der Waals surface area contributed by atoms with Gasteiger partial charge < -0.3 is 9.80 Å². The van der Waals surface area contributed by atoms with E-state index in [1.807, 2.05) is 25.3 Å². The Morgan fingerprint density at radius 2 is 1.77 bits per heavy atom. The quantitative estimate of drug-likeness (QED) is 0.697. The molecule has 0 spiro atoms. The zero-order valence-electron chi connectivity index (χ0n) is 14.6. The molecule has 1 saturated carbocycles. The first-order valence-corrected chi connectivity index (χ1v) is 9.73. The second-order valence-corrected chi connectivity index (χ2v) is 7.50. The summed E-state index contributed by atoms with van der Waals surface area (Å²) in [6.07, 6.45) is 6.15. The fourth-order valence-corrected chi connectivity index (χ4v) is 4.01. The summed E-state index contributed by atoms with van der Waals surface area (Å²) in [5.74, 6) is 4.18. The predicted octanol–water partition coefficient (Wildman–Crippen LogP) is 2.03. The first-order valence-electron chi connectivity index (χ1n) is 8.95. The van der Waals surface area contributed by atoms with Gasteiger partial charge in [0.15, 0.2) is 5.82 Å². The van der Waals surface area contributed by atoms with Crippen molar-refractivity contribution in [1.29, 1.82) is 0 Å². The number of nitrogens with zero attached hydrogens (tertiary/aromatic N) is 8. The summed E-state index contributed by atoms with van der Waals surface area (Å²) in [5, 5.41) is 5.33. The van der Waals surface area contributed by atoms with Crippen molar-refractivity contribution in [2.24, 2.45) is 0 Å². The highest BCUT2D eigenvalue weighted by Gasteiger charge is 2.29. The minimum atomic E-state index is 0.617. The van der Waals surface area contributed by atoms with Gasteiger partial charge in [-0.15, -0.1) is 0 Å². The molecule has 26 heavy (non-hydrogen) atoms. The van der Waals surface area contributed by atoms with Crippen LogP contribution in [0.4, 0.5) is 10.9 Å². The van der Waals surface area contributed by atoms with Crippen LogP contribution in [-0.2, 0) is 0 Å². The van der Waals surface area contributed by atoms with E-state index in [-0.39, 0.29) is 0 Å². The fraction of sp³-hybridized carbons (Fsp3) is 0.471. The van der Waals surface area contributed by atoms with Crippen LogP contribution in [0.5, 0.6) is 0 Å². The van der Waals surface area contributed by atoms with Crippen molar-refractivity contribution in [3.05, 3.63) is 36.2 Å². The minimum absolute atomic E-state index is 0.617. The summed E-state index contributed by atoms with van der Waals surface area (Å²) in [7, 11) is 0. The topological polar surface area (TPSA) is 75.9 Å². The van der Waals surface area contributed by atoms with E-state index in [2.05, 4.69) is 29.2 Å². The average molecular weight is 368 g/mol. The lowest BCUT2D eigenvalue weighted by molar-refractivity contribution is 0.642. The average Bonchev–Trinajstić information content (AvgIpc) is 3.17. The zero-order chi connectivity index (χ0) is 17.5. The van der Waals surface area contributed by atoms with Gasteiger partial charge in [0, 0.05) is 62.1 Å². The normalized spacial score (nSPS) is 17.7. The van der Waals surface area contributed by atoms with Crippen LogP contribution in [0.15, 0.2) is 24.5 Å². The van der Waals surface area contributed by atoms with Crippen molar-refractivity contribution in [3.8, 4) is 5.82 Å². The molecule has 0 N–H and O–H groups in total. The number of aromatic nitrogens is 6. The number of piperazine rings is 1. The molecule has 0 aromatic carbocycles. The van der Waals surface area contributed by atoms with Gasteiger partial charge >= 0.3 is 0 Å². The van der Waals surface area contributed by atoms with Gasteiger partial charge in [-0.1, -0.05) is 0 Å². The standard InChI is InChI=1S/C17H20N8S/c1-12-19-14(11-15(20-12)25-6-2-5-18-25)23-7-9-24(10-8-23)17-21-16(22-26-17)13-3-4-13/h2,5-6,11,13H,3-4,7-10H2,1H3. The Hall–Kier alpha value is -2.55. The number of hydrogen-bond donors (Lipinski definition) is 0. The van der Waals surface area contributed by atoms with Crippen LogP contribution < -0.4 is 9.80 Å². The lowest BCUT2D eigenvalue weighted by Crippen LogP contribution is -2.47. The van der Waals surface area contributed by atoms with Crippen LogP contribution in [-0.4, -0.2) is 55.3 Å². The Kier molecular flexibility index (Phi) is 3.81. The Morgan fingerprint density at radius 1 is 1.00 bits per heavy atom. The second kappa shape index (κ2) is 6.31. The Bertz CT molecular complexity index is 893. The van der Waals surface area contributed by atoms with E-state index in [4.69, 9.17) is 4.98 Å². The van der Waals surface area contributed by atoms with E-state index in [1.54, 1.807) is 10.9 Å². The van der Waals surface area contributed by atoms with Gasteiger partial charge in [-0.2, -0.15) is 9.47 Å². The summed E-state index contributed by atoms with van der Waals surface area (Å²) in [5.41, 5.74) is 0. The lowest BCUT2D eigenvalue weighted by atomic mass is 10.3. The van der Waals surface area contributed by atoms with Crippen LogP contribution in [0.3, 0.4) is 0 Å². The molecule has 3 aromatic heterocycles.